The molecule has 1 aliphatic heterocycles. The minimum atomic E-state index is -4.67. The molecule has 0 aliphatic carbocycles. The van der Waals surface area contributed by atoms with Crippen LogP contribution < -0.4 is 10.6 Å². The number of hydrogen-bond donors (Lipinski definition) is 2. The second-order valence-corrected chi connectivity index (χ2v) is 9.06. The topological polar surface area (TPSA) is 136 Å². The first-order valence-corrected chi connectivity index (χ1v) is 12.0. The van der Waals surface area contributed by atoms with Crippen LogP contribution in [0, 0.1) is 16.7 Å². The summed E-state index contributed by atoms with van der Waals surface area (Å²) >= 11 is 0. The summed E-state index contributed by atoms with van der Waals surface area (Å²) in [4.78, 5) is 29.8. The number of likely N-dealkylation sites (N-methyl/N-ethyl adjacent to an activating group) is 1. The molecule has 10 nitrogen and oxygen atoms in total. The van der Waals surface area contributed by atoms with Crippen LogP contribution in [0.2, 0.25) is 0 Å². The number of methoxy groups -OCH3 is 2. The predicted octanol–water partition coefficient (Wildman–Crippen LogP) is 3.98. The maximum absolute atomic E-state index is 13.5. The van der Waals surface area contributed by atoms with E-state index in [0.717, 1.165) is 35.1 Å². The molecule has 3 rings (SSSR count). The minimum Gasteiger partial charge on any atom is -0.466 e. The molecule has 2 amide bonds. The van der Waals surface area contributed by atoms with Crippen LogP contribution in [-0.2, 0) is 27.0 Å². The molecule has 2 aromatic carbocycles. The number of urea groups is 1. The van der Waals surface area contributed by atoms with Crippen LogP contribution >= 0.6 is 0 Å². The van der Waals surface area contributed by atoms with E-state index in [9.17, 15) is 28.0 Å². The third kappa shape index (κ3) is 6.08. The van der Waals surface area contributed by atoms with Crippen molar-refractivity contribution < 1.29 is 32.2 Å². The second kappa shape index (κ2) is 12.2. The van der Waals surface area contributed by atoms with E-state index in [1.165, 1.54) is 19.1 Å². The highest BCUT2D eigenvalue weighted by Crippen LogP contribution is 2.42. The lowest BCUT2D eigenvalue weighted by Gasteiger charge is -2.43. The number of amides is 2. The number of alkyl halides is 3. The molecule has 0 radical (unpaired) electrons. The largest absolute Gasteiger partial charge is 0.466 e. The van der Waals surface area contributed by atoms with Gasteiger partial charge in [-0.2, -0.15) is 18.4 Å². The Balaban J connectivity index is 2.30. The number of nitriles is 1. The van der Waals surface area contributed by atoms with E-state index < -0.39 is 35.7 Å². The summed E-state index contributed by atoms with van der Waals surface area (Å²) in [5.74, 6) is -1.44. The average molecular weight is 559 g/mol. The van der Waals surface area contributed by atoms with E-state index >= 15 is 0 Å². The Kier molecular flexibility index (Phi) is 9.18. The summed E-state index contributed by atoms with van der Waals surface area (Å²) in [5.41, 5.74) is 5.87. The van der Waals surface area contributed by atoms with Crippen LogP contribution in [0.25, 0.3) is 0 Å². The number of nitrogens with zero attached hydrogens (tertiary/aromatic N) is 4. The number of carbonyl (C=O) groups excluding carboxylic acids is 2. The fraction of sp³-hybridized carbons (Fsp3) is 0.333. The molecule has 1 aliphatic rings. The molecular weight excluding hydrogens is 529 g/mol. The van der Waals surface area contributed by atoms with Gasteiger partial charge in [0.1, 0.15) is 6.04 Å². The van der Waals surface area contributed by atoms with Crippen molar-refractivity contribution in [3.63, 3.8) is 0 Å². The summed E-state index contributed by atoms with van der Waals surface area (Å²) in [6, 6.07) is 8.49. The van der Waals surface area contributed by atoms with Gasteiger partial charge in [0.15, 0.2) is 0 Å². The predicted molar refractivity (Wildman–Crippen MR) is 140 cm³/mol. The van der Waals surface area contributed by atoms with Crippen LogP contribution in [0.3, 0.4) is 0 Å². The number of halogens is 3. The van der Waals surface area contributed by atoms with E-state index in [1.807, 2.05) is 11.9 Å². The molecule has 1 atom stereocenters. The summed E-state index contributed by atoms with van der Waals surface area (Å²) < 4.78 is 50.6. The zero-order valence-electron chi connectivity index (χ0n) is 22.4. The SMILES string of the molecule is COCCN(C)Cc1cc(C#N)ccc1[C@@H]1C(C(=O)OC)=C(C)N(c2cccc(C(F)(F)F)c2)C(=N)N1C(N)=O. The van der Waals surface area contributed by atoms with Gasteiger partial charge >= 0.3 is 18.2 Å². The fourth-order valence-corrected chi connectivity index (χ4v) is 4.56. The van der Waals surface area contributed by atoms with Crippen LogP contribution in [0.15, 0.2) is 53.7 Å². The van der Waals surface area contributed by atoms with Crippen molar-refractivity contribution in [3.8, 4) is 6.07 Å². The van der Waals surface area contributed by atoms with Gasteiger partial charge < -0.3 is 15.2 Å². The van der Waals surface area contributed by atoms with Crippen molar-refractivity contribution in [3.05, 3.63) is 76.0 Å². The Morgan fingerprint density at radius 3 is 2.48 bits per heavy atom. The fourth-order valence-electron chi connectivity index (χ4n) is 4.56. The highest BCUT2D eigenvalue weighted by atomic mass is 19.4. The molecule has 0 saturated carbocycles. The van der Waals surface area contributed by atoms with Crippen molar-refractivity contribution in [1.29, 1.82) is 10.7 Å². The number of rotatable bonds is 8. The first-order chi connectivity index (χ1) is 18.8. The molecule has 2 aromatic rings. The Morgan fingerprint density at radius 1 is 1.20 bits per heavy atom. The Morgan fingerprint density at radius 2 is 1.90 bits per heavy atom. The summed E-state index contributed by atoms with van der Waals surface area (Å²) in [6.07, 6.45) is -4.67. The molecule has 0 fully saturated rings. The average Bonchev–Trinajstić information content (AvgIpc) is 2.90. The third-order valence-electron chi connectivity index (χ3n) is 6.46. The van der Waals surface area contributed by atoms with Crippen molar-refractivity contribution in [2.24, 2.45) is 5.73 Å². The van der Waals surface area contributed by atoms with Crippen LogP contribution in [0.4, 0.5) is 23.7 Å². The maximum atomic E-state index is 13.5. The number of primary amides is 1. The molecule has 212 valence electrons. The lowest BCUT2D eigenvalue weighted by Crippen LogP contribution is -2.55. The third-order valence-corrected chi connectivity index (χ3v) is 6.46. The van der Waals surface area contributed by atoms with Gasteiger partial charge in [-0.3, -0.25) is 20.1 Å². The van der Waals surface area contributed by atoms with Gasteiger partial charge in [-0.05, 0) is 55.4 Å². The van der Waals surface area contributed by atoms with Crippen molar-refractivity contribution in [2.45, 2.75) is 25.7 Å². The zero-order chi connectivity index (χ0) is 29.8. The van der Waals surface area contributed by atoms with E-state index in [-0.39, 0.29) is 23.5 Å². The highest BCUT2D eigenvalue weighted by molar-refractivity contribution is 6.10. The van der Waals surface area contributed by atoms with E-state index in [0.29, 0.717) is 29.8 Å². The molecule has 0 saturated heterocycles. The highest BCUT2D eigenvalue weighted by Gasteiger charge is 2.44. The number of guanidine groups is 1. The summed E-state index contributed by atoms with van der Waals surface area (Å²) in [6.45, 7) is 2.66. The van der Waals surface area contributed by atoms with Crippen molar-refractivity contribution in [2.75, 3.05) is 39.3 Å². The second-order valence-electron chi connectivity index (χ2n) is 9.06. The molecular formula is C27H29F3N6O4. The van der Waals surface area contributed by atoms with Crippen molar-refractivity contribution >= 4 is 23.6 Å². The van der Waals surface area contributed by atoms with Gasteiger partial charge in [-0.25, -0.2) is 9.59 Å². The Bertz CT molecular complexity index is 1390. The molecule has 40 heavy (non-hydrogen) atoms. The monoisotopic (exact) mass is 558 g/mol. The zero-order valence-corrected chi connectivity index (χ0v) is 22.4. The van der Waals surface area contributed by atoms with Crippen molar-refractivity contribution in [1.82, 2.24) is 9.80 Å². The quantitative estimate of drug-likeness (QED) is 0.468. The van der Waals surface area contributed by atoms with Gasteiger partial charge in [0, 0.05) is 31.6 Å². The molecule has 0 aromatic heterocycles. The van der Waals surface area contributed by atoms with Crippen LogP contribution in [0.5, 0.6) is 0 Å². The lowest BCUT2D eigenvalue weighted by atomic mass is 9.88. The minimum absolute atomic E-state index is 0.0710. The lowest BCUT2D eigenvalue weighted by molar-refractivity contribution is -0.138. The van der Waals surface area contributed by atoms with Crippen LogP contribution in [0.1, 0.15) is 35.2 Å². The number of nitrogens with two attached hydrogens (primary N) is 1. The number of carbonyl (C=O) groups is 2. The number of allylic oxidation sites excluding steroid dienone is 1. The molecule has 13 heteroatoms. The first kappa shape index (κ1) is 30.1. The Labute approximate surface area is 229 Å². The molecule has 0 unspecified atom stereocenters. The Hall–Kier alpha value is -4.41. The first-order valence-electron chi connectivity index (χ1n) is 12.0. The number of benzene rings is 2. The standard InChI is InChI=1S/C27H29F3N6O4/c1-16-22(24(37)40-4)23(21-9-8-17(14-31)12-18(21)15-34(2)10-11-39-3)36(26(33)38)25(32)35(16)20-7-5-6-19(13-20)27(28,29)30/h5-9,12-13,23,32H,10-11,15H2,1-4H3,(H2,33,38)/t23-/m1/s1. The number of nitrogens with one attached hydrogen (secondary N) is 1. The smallest absolute Gasteiger partial charge is 0.416 e. The normalized spacial score (nSPS) is 15.9. The van der Waals surface area contributed by atoms with Gasteiger partial charge in [0.2, 0.25) is 5.96 Å². The van der Waals surface area contributed by atoms with E-state index in [2.05, 4.69) is 6.07 Å². The number of ether oxygens (including phenoxy) is 2. The van der Waals surface area contributed by atoms with Gasteiger partial charge in [-0.15, -0.1) is 0 Å². The van der Waals surface area contributed by atoms with Crippen LogP contribution in [-0.4, -0.2) is 62.2 Å². The maximum Gasteiger partial charge on any atom is 0.416 e. The molecule has 0 bridgehead atoms. The van der Waals surface area contributed by atoms with E-state index in [4.69, 9.17) is 20.6 Å². The van der Waals surface area contributed by atoms with E-state index in [1.54, 1.807) is 19.2 Å². The molecule has 1 heterocycles. The van der Waals surface area contributed by atoms with Gasteiger partial charge in [0.05, 0.1) is 36.5 Å². The summed E-state index contributed by atoms with van der Waals surface area (Å²) in [5, 5.41) is 18.4. The molecule has 3 N–H and O–H groups in total. The number of esters is 1. The van der Waals surface area contributed by atoms with Gasteiger partial charge in [0.25, 0.3) is 0 Å². The molecule has 0 spiro atoms. The number of hydrogen-bond acceptors (Lipinski definition) is 7. The number of anilines is 1. The summed E-state index contributed by atoms with van der Waals surface area (Å²) in [7, 11) is 4.50. The van der Waals surface area contributed by atoms with Gasteiger partial charge in [-0.1, -0.05) is 12.1 Å².